The van der Waals surface area contributed by atoms with Gasteiger partial charge in [0.15, 0.2) is 0 Å². The number of amides is 1. The average Bonchev–Trinajstić information content (AvgIpc) is 2.97. The summed E-state index contributed by atoms with van der Waals surface area (Å²) < 4.78 is 31.2. The highest BCUT2D eigenvalue weighted by atomic mass is 35.5. The van der Waals surface area contributed by atoms with Crippen LogP contribution in [0, 0.1) is 0 Å². The largest absolute Gasteiger partial charge is 0.372 e. The predicted molar refractivity (Wildman–Crippen MR) is 155 cm³/mol. The maximum atomic E-state index is 13.5. The van der Waals surface area contributed by atoms with E-state index in [1.165, 1.54) is 0 Å². The normalized spacial score (nSPS) is 11.4. The van der Waals surface area contributed by atoms with Crippen molar-refractivity contribution in [1.29, 1.82) is 0 Å². The Kier molecular flexibility index (Phi) is 6.59. The summed E-state index contributed by atoms with van der Waals surface area (Å²) >= 11 is 5.94. The topological polar surface area (TPSA) is 105 Å². The zero-order valence-electron chi connectivity index (χ0n) is 20.8. The van der Waals surface area contributed by atoms with E-state index >= 15 is 0 Å². The van der Waals surface area contributed by atoms with Gasteiger partial charge in [-0.3, -0.25) is 9.52 Å². The lowest BCUT2D eigenvalue weighted by molar-refractivity contribution is -0.598. The monoisotopic (exact) mass is 566 g/mol. The predicted octanol–water partition coefficient (Wildman–Crippen LogP) is 5.77. The Labute approximate surface area is 235 Å². The number of hydrogen-bond acceptors (Lipinski definition) is 5. The van der Waals surface area contributed by atoms with E-state index in [1.807, 2.05) is 30.3 Å². The number of pyridine rings is 1. The minimum atomic E-state index is -4.02. The SMILES string of the molecule is O=C(Nc1ccc[n+](-c2nc3ccccc3nc2NS(=O)(=O)c2ccc3ccccc3c2)c1)c1ccc(Cl)cc1. The van der Waals surface area contributed by atoms with Crippen LogP contribution in [0.2, 0.25) is 5.02 Å². The van der Waals surface area contributed by atoms with E-state index in [0.29, 0.717) is 27.3 Å². The van der Waals surface area contributed by atoms with Crippen LogP contribution in [-0.4, -0.2) is 24.3 Å². The van der Waals surface area contributed by atoms with Gasteiger partial charge in [0.1, 0.15) is 11.7 Å². The van der Waals surface area contributed by atoms with Crippen LogP contribution in [0.25, 0.3) is 27.6 Å². The fraction of sp³-hybridized carbons (Fsp3) is 0. The molecule has 0 bridgehead atoms. The molecule has 0 radical (unpaired) electrons. The number of benzene rings is 4. The quantitative estimate of drug-likeness (QED) is 0.249. The number of sulfonamides is 1. The van der Waals surface area contributed by atoms with Crippen LogP contribution in [0.3, 0.4) is 0 Å². The van der Waals surface area contributed by atoms with E-state index in [9.17, 15) is 13.2 Å². The third kappa shape index (κ3) is 5.20. The lowest BCUT2D eigenvalue weighted by Crippen LogP contribution is -2.34. The Morgan fingerprint density at radius 1 is 0.775 bits per heavy atom. The summed E-state index contributed by atoms with van der Waals surface area (Å²) in [7, 11) is -4.02. The smallest absolute Gasteiger partial charge is 0.319 e. The molecule has 0 aliphatic carbocycles. The Bertz CT molecular complexity index is 2010. The van der Waals surface area contributed by atoms with Crippen LogP contribution in [0.15, 0.2) is 120 Å². The number of fused-ring (bicyclic) bond motifs is 2. The number of aromatic nitrogens is 3. The highest BCUT2D eigenvalue weighted by Crippen LogP contribution is 2.24. The van der Waals surface area contributed by atoms with E-state index < -0.39 is 10.0 Å². The van der Waals surface area contributed by atoms with Crippen molar-refractivity contribution in [2.75, 3.05) is 10.0 Å². The second-order valence-corrected chi connectivity index (χ2v) is 11.1. The zero-order chi connectivity index (χ0) is 27.7. The van der Waals surface area contributed by atoms with Gasteiger partial charge in [-0.2, -0.15) is 4.57 Å². The van der Waals surface area contributed by atoms with Crippen LogP contribution < -0.4 is 14.6 Å². The Morgan fingerprint density at radius 3 is 2.25 bits per heavy atom. The molecular formula is C30H21ClN5O3S+. The standard InChI is InChI=1S/C30H20ClN5O3S/c31-23-14-11-21(12-15-23)30(37)32-24-8-5-17-36(19-24)29-28(33-26-9-3-4-10-27(26)34-29)35-40(38,39)25-16-13-20-6-1-2-7-22(20)18-25/h1-19H,(H-,32,33,35,37)/p+1. The summed E-state index contributed by atoms with van der Waals surface area (Å²) in [6, 6.07) is 29.6. The highest BCUT2D eigenvalue weighted by Gasteiger charge is 2.25. The number of halogens is 1. The van der Waals surface area contributed by atoms with Crippen molar-refractivity contribution in [3.05, 3.63) is 126 Å². The Morgan fingerprint density at radius 2 is 1.48 bits per heavy atom. The maximum Gasteiger partial charge on any atom is 0.372 e. The van der Waals surface area contributed by atoms with Crippen LogP contribution in [0.1, 0.15) is 10.4 Å². The summed E-state index contributed by atoms with van der Waals surface area (Å²) in [5.41, 5.74) is 2.01. The summed E-state index contributed by atoms with van der Waals surface area (Å²) in [5.74, 6) is -0.0417. The van der Waals surface area contributed by atoms with Gasteiger partial charge in [0, 0.05) is 10.6 Å². The molecule has 196 valence electrons. The second-order valence-electron chi connectivity index (χ2n) is 8.96. The number of hydrogen-bond donors (Lipinski definition) is 2. The lowest BCUT2D eigenvalue weighted by Gasteiger charge is -2.10. The fourth-order valence-corrected chi connectivity index (χ4v) is 5.41. The first-order valence-corrected chi connectivity index (χ1v) is 14.1. The molecule has 0 spiro atoms. The summed E-state index contributed by atoms with van der Waals surface area (Å²) in [4.78, 5) is 22.2. The molecule has 0 aliphatic rings. The van der Waals surface area contributed by atoms with Crippen molar-refractivity contribution in [3.63, 3.8) is 0 Å². The van der Waals surface area contributed by atoms with E-state index in [1.54, 1.807) is 89.8 Å². The molecule has 1 amide bonds. The molecular weight excluding hydrogens is 546 g/mol. The molecule has 2 heterocycles. The highest BCUT2D eigenvalue weighted by molar-refractivity contribution is 7.92. The average molecular weight is 567 g/mol. The van der Waals surface area contributed by atoms with Gasteiger partial charge in [-0.1, -0.05) is 54.1 Å². The molecule has 6 rings (SSSR count). The molecule has 0 unspecified atom stereocenters. The van der Waals surface area contributed by atoms with Gasteiger partial charge in [-0.05, 0) is 76.4 Å². The van der Waals surface area contributed by atoms with Crippen LogP contribution in [0.5, 0.6) is 0 Å². The van der Waals surface area contributed by atoms with Crippen molar-refractivity contribution in [1.82, 2.24) is 9.97 Å². The first-order chi connectivity index (χ1) is 19.4. The molecule has 0 saturated heterocycles. The van der Waals surface area contributed by atoms with E-state index in [4.69, 9.17) is 16.6 Å². The molecule has 4 aromatic carbocycles. The van der Waals surface area contributed by atoms with Crippen LogP contribution in [0.4, 0.5) is 11.5 Å². The van der Waals surface area contributed by atoms with Crippen molar-refractivity contribution in [3.8, 4) is 5.82 Å². The molecule has 0 aliphatic heterocycles. The van der Waals surface area contributed by atoms with E-state index in [-0.39, 0.29) is 22.4 Å². The van der Waals surface area contributed by atoms with Crippen molar-refractivity contribution < 1.29 is 17.8 Å². The summed E-state index contributed by atoms with van der Waals surface area (Å²) in [6.45, 7) is 0. The molecule has 0 saturated carbocycles. The second kappa shape index (κ2) is 10.4. The van der Waals surface area contributed by atoms with Crippen molar-refractivity contribution in [2.45, 2.75) is 4.90 Å². The minimum absolute atomic E-state index is 0.0398. The van der Waals surface area contributed by atoms with Gasteiger partial charge in [0.25, 0.3) is 15.9 Å². The van der Waals surface area contributed by atoms with Crippen molar-refractivity contribution >= 4 is 60.8 Å². The number of nitrogens with one attached hydrogen (secondary N) is 2. The summed E-state index contributed by atoms with van der Waals surface area (Å²) in [5, 5.41) is 5.11. The van der Waals surface area contributed by atoms with Gasteiger partial charge in [0.2, 0.25) is 11.3 Å². The van der Waals surface area contributed by atoms with Gasteiger partial charge < -0.3 is 5.32 Å². The molecule has 0 atom stereocenters. The first-order valence-electron chi connectivity index (χ1n) is 12.2. The Balaban J connectivity index is 1.39. The molecule has 2 N–H and O–H groups in total. The number of carbonyl (C=O) groups excluding carboxylic acids is 1. The number of para-hydroxylation sites is 2. The number of carbonyl (C=O) groups is 1. The van der Waals surface area contributed by atoms with Gasteiger partial charge >= 0.3 is 5.82 Å². The van der Waals surface area contributed by atoms with E-state index in [0.717, 1.165) is 10.8 Å². The van der Waals surface area contributed by atoms with Gasteiger partial charge in [-0.15, -0.1) is 0 Å². The minimum Gasteiger partial charge on any atom is -0.319 e. The number of anilines is 2. The van der Waals surface area contributed by atoms with Gasteiger partial charge in [-0.25, -0.2) is 13.4 Å². The maximum absolute atomic E-state index is 13.5. The molecule has 0 fully saturated rings. The zero-order valence-corrected chi connectivity index (χ0v) is 22.4. The molecule has 6 aromatic rings. The molecule has 8 nitrogen and oxygen atoms in total. The lowest BCUT2D eigenvalue weighted by atomic mass is 10.1. The first kappa shape index (κ1) is 25.4. The number of nitrogens with zero attached hydrogens (tertiary/aromatic N) is 3. The molecule has 40 heavy (non-hydrogen) atoms. The van der Waals surface area contributed by atoms with Crippen LogP contribution in [-0.2, 0) is 10.0 Å². The van der Waals surface area contributed by atoms with E-state index in [2.05, 4.69) is 15.0 Å². The van der Waals surface area contributed by atoms with Crippen LogP contribution >= 0.6 is 11.6 Å². The summed E-state index contributed by atoms with van der Waals surface area (Å²) in [6.07, 6.45) is 3.34. The fourth-order valence-electron chi connectivity index (χ4n) is 4.25. The number of rotatable bonds is 6. The Hall–Kier alpha value is -4.86. The molecule has 10 heteroatoms. The third-order valence-corrected chi connectivity index (χ3v) is 7.81. The van der Waals surface area contributed by atoms with Crippen molar-refractivity contribution in [2.24, 2.45) is 0 Å². The third-order valence-electron chi connectivity index (χ3n) is 6.22. The molecule has 2 aromatic heterocycles. The van der Waals surface area contributed by atoms with Gasteiger partial charge in [0.05, 0.1) is 16.8 Å².